The Morgan fingerprint density at radius 2 is 1.00 bits per heavy atom. The van der Waals surface area contributed by atoms with Crippen molar-refractivity contribution in [2.45, 2.75) is 206 Å². The molecule has 0 aliphatic heterocycles. The number of likely N-dealkylation sites (N-methyl/N-ethyl adjacent to an activating group) is 1. The Hall–Kier alpha value is -0.760. The first-order valence-electron chi connectivity index (χ1n) is 21.9. The van der Waals surface area contributed by atoms with Crippen LogP contribution in [0, 0.1) is 0 Å². The van der Waals surface area contributed by atoms with Crippen molar-refractivity contribution in [3.8, 4) is 0 Å². The summed E-state index contributed by atoms with van der Waals surface area (Å²) in [7, 11) is 1.67. The number of ether oxygens (including phenoxy) is 2. The van der Waals surface area contributed by atoms with Crippen molar-refractivity contribution in [1.29, 1.82) is 0 Å². The van der Waals surface area contributed by atoms with Crippen LogP contribution in [-0.2, 0) is 27.9 Å². The molecule has 0 amide bonds. The zero-order valence-electron chi connectivity index (χ0n) is 35.1. The molecule has 0 aromatic heterocycles. The van der Waals surface area contributed by atoms with E-state index in [2.05, 4.69) is 26.0 Å². The molecule has 0 fully saturated rings. The second kappa shape index (κ2) is 37.2. The molecule has 1 N–H and O–H groups in total. The molecule has 2 unspecified atom stereocenters. The summed E-state index contributed by atoms with van der Waals surface area (Å²) in [5.41, 5.74) is 0. The maximum atomic E-state index is 12.7. The molecule has 0 saturated carbocycles. The Morgan fingerprint density at radius 1 is 0.577 bits per heavy atom. The predicted molar refractivity (Wildman–Crippen MR) is 220 cm³/mol. The van der Waals surface area contributed by atoms with Crippen LogP contribution in [0.1, 0.15) is 200 Å². The number of hydrogen-bond donors (Lipinski definition) is 1. The van der Waals surface area contributed by atoms with Gasteiger partial charge in [0.25, 0.3) is 0 Å². The first-order valence-corrected chi connectivity index (χ1v) is 23.4. The van der Waals surface area contributed by atoms with Gasteiger partial charge in [-0.1, -0.05) is 167 Å². The van der Waals surface area contributed by atoms with E-state index in [4.69, 9.17) is 18.5 Å². The minimum absolute atomic E-state index is 0.0906. The van der Waals surface area contributed by atoms with E-state index < -0.39 is 13.9 Å². The Bertz CT molecular complexity index is 848. The lowest BCUT2D eigenvalue weighted by atomic mass is 10.0. The summed E-state index contributed by atoms with van der Waals surface area (Å²) >= 11 is 0. The number of hydrogen-bond acceptors (Lipinski definition) is 6. The van der Waals surface area contributed by atoms with Gasteiger partial charge in [-0.2, -0.15) is 0 Å². The number of carbonyl (C=O) groups excluding carboxylic acids is 1. The molecule has 310 valence electrons. The molecular weight excluding hydrogens is 673 g/mol. The van der Waals surface area contributed by atoms with E-state index in [-0.39, 0.29) is 25.8 Å². The number of rotatable bonds is 41. The van der Waals surface area contributed by atoms with Gasteiger partial charge in [0.2, 0.25) is 0 Å². The molecule has 8 nitrogen and oxygen atoms in total. The molecule has 52 heavy (non-hydrogen) atoms. The van der Waals surface area contributed by atoms with E-state index >= 15 is 0 Å². The van der Waals surface area contributed by atoms with Crippen LogP contribution in [0.4, 0.5) is 0 Å². The third kappa shape index (κ3) is 40.4. The highest BCUT2D eigenvalue weighted by molar-refractivity contribution is 7.47. The first kappa shape index (κ1) is 51.2. The largest absolute Gasteiger partial charge is 0.472 e. The van der Waals surface area contributed by atoms with Crippen molar-refractivity contribution in [2.24, 2.45) is 0 Å². The fourth-order valence-corrected chi connectivity index (χ4v) is 6.88. The lowest BCUT2D eigenvalue weighted by Crippen LogP contribution is -2.37. The number of esters is 1. The topological polar surface area (TPSA) is 91.3 Å². The molecule has 0 aromatic rings. The fourth-order valence-electron chi connectivity index (χ4n) is 6.14. The minimum atomic E-state index is -4.27. The van der Waals surface area contributed by atoms with Crippen molar-refractivity contribution < 1.29 is 37.3 Å². The lowest BCUT2D eigenvalue weighted by Gasteiger charge is -2.24. The summed E-state index contributed by atoms with van der Waals surface area (Å²) in [5.74, 6) is -0.313. The molecule has 0 aromatic carbocycles. The predicted octanol–water partition coefficient (Wildman–Crippen LogP) is 12.7. The Labute approximate surface area is 322 Å². The van der Waals surface area contributed by atoms with Crippen molar-refractivity contribution in [2.75, 3.05) is 54.1 Å². The normalized spacial score (nSPS) is 13.9. The third-order valence-corrected chi connectivity index (χ3v) is 10.6. The quantitative estimate of drug-likeness (QED) is 0.0218. The molecule has 2 atom stereocenters. The van der Waals surface area contributed by atoms with Crippen LogP contribution in [0.25, 0.3) is 0 Å². The van der Waals surface area contributed by atoms with Gasteiger partial charge in [-0.05, 0) is 38.5 Å². The number of allylic oxidation sites excluding steroid dienone is 2. The summed E-state index contributed by atoms with van der Waals surface area (Å²) in [6, 6.07) is 0. The highest BCUT2D eigenvalue weighted by Crippen LogP contribution is 2.43. The monoisotopic (exact) mass is 761 g/mol. The van der Waals surface area contributed by atoms with E-state index in [1.54, 1.807) is 0 Å². The second-order valence-corrected chi connectivity index (χ2v) is 17.5. The second-order valence-electron chi connectivity index (χ2n) is 16.1. The molecule has 0 aliphatic carbocycles. The molecule has 0 heterocycles. The van der Waals surface area contributed by atoms with E-state index in [0.717, 1.165) is 32.1 Å². The van der Waals surface area contributed by atoms with Crippen LogP contribution in [0.15, 0.2) is 12.2 Å². The van der Waals surface area contributed by atoms with Crippen LogP contribution in [-0.4, -0.2) is 75.6 Å². The van der Waals surface area contributed by atoms with Crippen molar-refractivity contribution >= 4 is 13.8 Å². The molecule has 0 rings (SSSR count). The zero-order chi connectivity index (χ0) is 38.4. The van der Waals surface area contributed by atoms with E-state index in [1.165, 1.54) is 148 Å². The maximum absolute atomic E-state index is 12.7. The highest BCUT2D eigenvalue weighted by Gasteiger charge is 2.26. The van der Waals surface area contributed by atoms with Gasteiger partial charge in [0.15, 0.2) is 0 Å². The molecular formula is C43H87NO7P+. The molecule has 0 spiro atoms. The average Bonchev–Trinajstić information content (AvgIpc) is 3.09. The number of nitrogens with zero attached hydrogens (tertiary/aromatic N) is 1. The van der Waals surface area contributed by atoms with Gasteiger partial charge in [-0.15, -0.1) is 0 Å². The summed E-state index contributed by atoms with van der Waals surface area (Å²) < 4.78 is 35.0. The summed E-state index contributed by atoms with van der Waals surface area (Å²) in [6.45, 7) is 5.64. The summed E-state index contributed by atoms with van der Waals surface area (Å²) in [4.78, 5) is 22.9. The summed E-state index contributed by atoms with van der Waals surface area (Å²) in [6.07, 6.45) is 39.5. The molecule has 0 saturated heterocycles. The SMILES string of the molecule is CCCCCCCC/C=C\CCCCCCCCOCC(COP(=O)(O)OCC[N+](C)(C)C)OC(=O)CCCCCCCCCCCCCCCC. The van der Waals surface area contributed by atoms with Crippen LogP contribution >= 0.6 is 7.82 Å². The molecule has 0 bridgehead atoms. The number of phosphoric ester groups is 1. The Balaban J connectivity index is 4.22. The number of carbonyl (C=O) groups is 1. The first-order chi connectivity index (χ1) is 25.1. The Morgan fingerprint density at radius 3 is 1.46 bits per heavy atom. The molecule has 0 radical (unpaired) electrons. The number of unbranched alkanes of at least 4 members (excludes halogenated alkanes) is 25. The number of phosphoric acid groups is 1. The fraction of sp³-hybridized carbons (Fsp3) is 0.930. The summed E-state index contributed by atoms with van der Waals surface area (Å²) in [5, 5.41) is 0. The molecule has 0 aliphatic rings. The lowest BCUT2D eigenvalue weighted by molar-refractivity contribution is -0.870. The van der Waals surface area contributed by atoms with Gasteiger partial charge in [0.1, 0.15) is 19.3 Å². The van der Waals surface area contributed by atoms with Gasteiger partial charge in [-0.3, -0.25) is 13.8 Å². The number of quaternary nitrogens is 1. The highest BCUT2D eigenvalue weighted by atomic mass is 31.2. The van der Waals surface area contributed by atoms with Gasteiger partial charge in [-0.25, -0.2) is 4.57 Å². The standard InChI is InChI=1S/C43H86NO7P/c1-6-8-10-12-14-16-18-20-22-23-25-27-29-31-33-35-38-48-40-42(41-50-52(46,47)49-39-37-44(3,4)5)51-43(45)36-34-32-30-28-26-24-21-19-17-15-13-11-9-7-2/h20,22,42H,6-19,21,23-41H2,1-5H3/p+1/b22-20-. The minimum Gasteiger partial charge on any atom is -0.457 e. The maximum Gasteiger partial charge on any atom is 0.472 e. The van der Waals surface area contributed by atoms with E-state index in [0.29, 0.717) is 24.1 Å². The molecule has 9 heteroatoms. The van der Waals surface area contributed by atoms with Crippen LogP contribution in [0.5, 0.6) is 0 Å². The van der Waals surface area contributed by atoms with Crippen LogP contribution in [0.3, 0.4) is 0 Å². The average molecular weight is 761 g/mol. The van der Waals surface area contributed by atoms with Crippen LogP contribution < -0.4 is 0 Å². The Kier molecular flexibility index (Phi) is 36.6. The van der Waals surface area contributed by atoms with Gasteiger partial charge in [0, 0.05) is 13.0 Å². The smallest absolute Gasteiger partial charge is 0.457 e. The zero-order valence-corrected chi connectivity index (χ0v) is 36.0. The van der Waals surface area contributed by atoms with Crippen molar-refractivity contribution in [1.82, 2.24) is 0 Å². The van der Waals surface area contributed by atoms with Gasteiger partial charge in [0.05, 0.1) is 34.4 Å². The van der Waals surface area contributed by atoms with E-state index in [9.17, 15) is 14.3 Å². The van der Waals surface area contributed by atoms with Crippen molar-refractivity contribution in [3.05, 3.63) is 12.2 Å². The van der Waals surface area contributed by atoms with Gasteiger partial charge < -0.3 is 18.9 Å². The third-order valence-electron chi connectivity index (χ3n) is 9.58. The van der Waals surface area contributed by atoms with Gasteiger partial charge >= 0.3 is 13.8 Å². The van der Waals surface area contributed by atoms with Crippen molar-refractivity contribution in [3.63, 3.8) is 0 Å². The van der Waals surface area contributed by atoms with E-state index in [1.807, 2.05) is 21.1 Å². The van der Waals surface area contributed by atoms with Crippen LogP contribution in [0.2, 0.25) is 0 Å².